The van der Waals surface area contributed by atoms with Gasteiger partial charge < -0.3 is 16.2 Å². The first kappa shape index (κ1) is 12.6. The summed E-state index contributed by atoms with van der Waals surface area (Å²) in [4.78, 5) is 11.5. The van der Waals surface area contributed by atoms with E-state index in [1.54, 1.807) is 6.92 Å². The van der Waals surface area contributed by atoms with E-state index in [1.165, 1.54) is 18.2 Å². The Bertz CT molecular complexity index is 369. The fourth-order valence-electron chi connectivity index (χ4n) is 1.11. The third-order valence-corrected chi connectivity index (χ3v) is 2.20. The highest BCUT2D eigenvalue weighted by molar-refractivity contribution is 5.94. The molecule has 4 N–H and O–H groups in total. The second-order valence-corrected chi connectivity index (χ2v) is 3.62. The number of benzene rings is 1. The maximum absolute atomic E-state index is 12.8. The summed E-state index contributed by atoms with van der Waals surface area (Å²) in [5, 5.41) is 11.6. The summed E-state index contributed by atoms with van der Waals surface area (Å²) < 4.78 is 12.8. The number of halogens is 1. The summed E-state index contributed by atoms with van der Waals surface area (Å²) in [6.45, 7) is 1.69. The molecular formula is C11H15FN2O2. The van der Waals surface area contributed by atoms with Crippen molar-refractivity contribution in [3.05, 3.63) is 35.6 Å². The summed E-state index contributed by atoms with van der Waals surface area (Å²) in [6.07, 6.45) is -0.701. The Morgan fingerprint density at radius 1 is 1.62 bits per heavy atom. The van der Waals surface area contributed by atoms with Crippen LogP contribution in [0.25, 0.3) is 0 Å². The Balaban J connectivity index is 2.53. The molecule has 2 unspecified atom stereocenters. The van der Waals surface area contributed by atoms with E-state index in [9.17, 15) is 9.18 Å². The Morgan fingerprint density at radius 3 is 2.88 bits per heavy atom. The van der Waals surface area contributed by atoms with E-state index in [0.717, 1.165) is 6.07 Å². The first-order valence-corrected chi connectivity index (χ1v) is 4.98. The predicted molar refractivity (Wildman–Crippen MR) is 58.4 cm³/mol. The van der Waals surface area contributed by atoms with Crippen molar-refractivity contribution in [2.75, 3.05) is 6.54 Å². The van der Waals surface area contributed by atoms with Gasteiger partial charge in [-0.2, -0.15) is 0 Å². The van der Waals surface area contributed by atoms with Gasteiger partial charge in [0.05, 0.1) is 6.10 Å². The number of nitrogens with one attached hydrogen (secondary N) is 1. The second kappa shape index (κ2) is 5.58. The zero-order chi connectivity index (χ0) is 12.1. The maximum atomic E-state index is 12.8. The van der Waals surface area contributed by atoms with Crippen LogP contribution < -0.4 is 11.1 Å². The van der Waals surface area contributed by atoms with Gasteiger partial charge in [0, 0.05) is 18.2 Å². The molecule has 0 aromatic heterocycles. The summed E-state index contributed by atoms with van der Waals surface area (Å²) in [5.41, 5.74) is 5.77. The van der Waals surface area contributed by atoms with Crippen LogP contribution in [0.2, 0.25) is 0 Å². The van der Waals surface area contributed by atoms with Crippen LogP contribution in [0.15, 0.2) is 24.3 Å². The van der Waals surface area contributed by atoms with Crippen molar-refractivity contribution >= 4 is 5.91 Å². The van der Waals surface area contributed by atoms with Gasteiger partial charge in [0.25, 0.3) is 5.91 Å². The molecule has 2 atom stereocenters. The SMILES string of the molecule is CC(O)C(N)CNC(=O)c1cccc(F)c1. The molecular weight excluding hydrogens is 211 g/mol. The average molecular weight is 226 g/mol. The van der Waals surface area contributed by atoms with Crippen LogP contribution in [0.4, 0.5) is 4.39 Å². The molecule has 5 heteroatoms. The van der Waals surface area contributed by atoms with Gasteiger partial charge in [0.1, 0.15) is 5.82 Å². The number of aliphatic hydroxyl groups is 1. The summed E-state index contributed by atoms with van der Waals surface area (Å²) in [5.74, 6) is -0.872. The van der Waals surface area contributed by atoms with Crippen molar-refractivity contribution in [2.24, 2.45) is 5.73 Å². The lowest BCUT2D eigenvalue weighted by Crippen LogP contribution is -2.43. The Kier molecular flexibility index (Phi) is 4.39. The zero-order valence-electron chi connectivity index (χ0n) is 8.98. The van der Waals surface area contributed by atoms with Gasteiger partial charge in [-0.15, -0.1) is 0 Å². The number of carbonyl (C=O) groups excluding carboxylic acids is 1. The molecule has 0 spiro atoms. The lowest BCUT2D eigenvalue weighted by molar-refractivity contribution is 0.0937. The maximum Gasteiger partial charge on any atom is 0.251 e. The number of rotatable bonds is 4. The minimum absolute atomic E-state index is 0.146. The predicted octanol–water partition coefficient (Wildman–Crippen LogP) is 0.264. The van der Waals surface area contributed by atoms with Crippen molar-refractivity contribution in [1.82, 2.24) is 5.32 Å². The van der Waals surface area contributed by atoms with Crippen LogP contribution in [0.5, 0.6) is 0 Å². The van der Waals surface area contributed by atoms with Crippen LogP contribution in [-0.2, 0) is 0 Å². The van der Waals surface area contributed by atoms with Gasteiger partial charge in [0.2, 0.25) is 0 Å². The van der Waals surface area contributed by atoms with Crippen molar-refractivity contribution in [1.29, 1.82) is 0 Å². The molecule has 4 nitrogen and oxygen atoms in total. The highest BCUT2D eigenvalue weighted by Gasteiger charge is 2.11. The van der Waals surface area contributed by atoms with E-state index in [0.29, 0.717) is 0 Å². The number of aliphatic hydroxyl groups excluding tert-OH is 1. The molecule has 88 valence electrons. The summed E-state index contributed by atoms with van der Waals surface area (Å²) in [6, 6.07) is 4.84. The Hall–Kier alpha value is -1.46. The van der Waals surface area contributed by atoms with Crippen LogP contribution in [0, 0.1) is 5.82 Å². The molecule has 0 saturated carbocycles. The van der Waals surface area contributed by atoms with Gasteiger partial charge >= 0.3 is 0 Å². The topological polar surface area (TPSA) is 75.3 Å². The monoisotopic (exact) mass is 226 g/mol. The van der Waals surface area contributed by atoms with Crippen LogP contribution in [0.1, 0.15) is 17.3 Å². The van der Waals surface area contributed by atoms with Crippen molar-refractivity contribution in [3.8, 4) is 0 Å². The van der Waals surface area contributed by atoms with Crippen molar-refractivity contribution in [3.63, 3.8) is 0 Å². The molecule has 1 rings (SSSR count). The first-order valence-electron chi connectivity index (χ1n) is 4.98. The van der Waals surface area contributed by atoms with E-state index >= 15 is 0 Å². The number of hydrogen-bond donors (Lipinski definition) is 3. The molecule has 0 saturated heterocycles. The second-order valence-electron chi connectivity index (χ2n) is 3.62. The highest BCUT2D eigenvalue weighted by Crippen LogP contribution is 2.03. The molecule has 0 aliphatic rings. The number of carbonyl (C=O) groups is 1. The molecule has 0 bridgehead atoms. The van der Waals surface area contributed by atoms with Crippen molar-refractivity contribution in [2.45, 2.75) is 19.1 Å². The van der Waals surface area contributed by atoms with Gasteiger partial charge in [-0.25, -0.2) is 4.39 Å². The number of hydrogen-bond acceptors (Lipinski definition) is 3. The fourth-order valence-corrected chi connectivity index (χ4v) is 1.11. The first-order chi connectivity index (χ1) is 7.50. The lowest BCUT2D eigenvalue weighted by Gasteiger charge is -2.15. The standard InChI is InChI=1S/C11H15FN2O2/c1-7(15)10(13)6-14-11(16)8-3-2-4-9(12)5-8/h2-5,7,10,15H,6,13H2,1H3,(H,14,16). The smallest absolute Gasteiger partial charge is 0.251 e. The summed E-state index contributed by atoms with van der Waals surface area (Å²) in [7, 11) is 0. The summed E-state index contributed by atoms with van der Waals surface area (Å²) >= 11 is 0. The molecule has 0 fully saturated rings. The van der Waals surface area contributed by atoms with Crippen LogP contribution in [0.3, 0.4) is 0 Å². The van der Waals surface area contributed by atoms with Gasteiger partial charge in [-0.05, 0) is 25.1 Å². The molecule has 1 aromatic carbocycles. The Labute approximate surface area is 93.3 Å². The van der Waals surface area contributed by atoms with Crippen LogP contribution >= 0.6 is 0 Å². The minimum Gasteiger partial charge on any atom is -0.392 e. The molecule has 0 aliphatic heterocycles. The number of nitrogens with two attached hydrogens (primary N) is 1. The quantitative estimate of drug-likeness (QED) is 0.689. The van der Waals surface area contributed by atoms with E-state index in [2.05, 4.69) is 5.32 Å². The normalized spacial score (nSPS) is 14.2. The Morgan fingerprint density at radius 2 is 2.31 bits per heavy atom. The van der Waals surface area contributed by atoms with Gasteiger partial charge in [-0.1, -0.05) is 6.07 Å². The fraction of sp³-hybridized carbons (Fsp3) is 0.364. The van der Waals surface area contributed by atoms with E-state index in [1.807, 2.05) is 0 Å². The van der Waals surface area contributed by atoms with Gasteiger partial charge in [-0.3, -0.25) is 4.79 Å². The minimum atomic E-state index is -0.701. The van der Waals surface area contributed by atoms with Crippen molar-refractivity contribution < 1.29 is 14.3 Å². The van der Waals surface area contributed by atoms with Gasteiger partial charge in [0.15, 0.2) is 0 Å². The van der Waals surface area contributed by atoms with E-state index in [4.69, 9.17) is 10.8 Å². The molecule has 0 aliphatic carbocycles. The molecule has 0 radical (unpaired) electrons. The zero-order valence-corrected chi connectivity index (χ0v) is 8.98. The van der Waals surface area contributed by atoms with E-state index < -0.39 is 23.9 Å². The largest absolute Gasteiger partial charge is 0.392 e. The molecule has 16 heavy (non-hydrogen) atoms. The third-order valence-electron chi connectivity index (χ3n) is 2.20. The van der Waals surface area contributed by atoms with Crippen LogP contribution in [-0.4, -0.2) is 29.7 Å². The lowest BCUT2D eigenvalue weighted by atomic mass is 10.1. The average Bonchev–Trinajstić information content (AvgIpc) is 2.25. The third kappa shape index (κ3) is 3.60. The molecule has 1 amide bonds. The molecule has 0 heterocycles. The van der Waals surface area contributed by atoms with E-state index in [-0.39, 0.29) is 12.1 Å². The number of amides is 1. The molecule has 1 aromatic rings. The highest BCUT2D eigenvalue weighted by atomic mass is 19.1.